The Morgan fingerprint density at radius 1 is 1.35 bits per heavy atom. The molecule has 2 heterocycles. The smallest absolute Gasteiger partial charge is 0.225 e. The van der Waals surface area contributed by atoms with E-state index in [0.717, 1.165) is 17.8 Å². The number of aryl methyl sites for hydroxylation is 1. The number of hydrogen-bond donors (Lipinski definition) is 1. The van der Waals surface area contributed by atoms with Crippen molar-refractivity contribution in [3.8, 4) is 11.1 Å². The predicted molar refractivity (Wildman–Crippen MR) is 89.1 cm³/mol. The van der Waals surface area contributed by atoms with Crippen LogP contribution in [0.5, 0.6) is 0 Å². The van der Waals surface area contributed by atoms with Crippen LogP contribution < -0.4 is 5.32 Å². The Labute approximate surface area is 136 Å². The molecular weight excluding hydrogens is 290 g/mol. The topological polar surface area (TPSA) is 56.2 Å². The molecule has 1 amide bonds. The Balaban J connectivity index is 1.64. The fraction of sp³-hybridized carbons (Fsp3) is 0.444. The molecule has 2 aromatic rings. The Bertz CT molecular complexity index is 673. The highest BCUT2D eigenvalue weighted by atomic mass is 16.5. The van der Waals surface area contributed by atoms with Crippen molar-refractivity contribution >= 4 is 5.91 Å². The summed E-state index contributed by atoms with van der Waals surface area (Å²) in [4.78, 5) is 12.0. The van der Waals surface area contributed by atoms with Gasteiger partial charge in [-0.25, -0.2) is 0 Å². The first-order valence-corrected chi connectivity index (χ1v) is 8.11. The first kappa shape index (κ1) is 15.7. The molecule has 0 aliphatic carbocycles. The molecule has 1 aromatic carbocycles. The van der Waals surface area contributed by atoms with Gasteiger partial charge >= 0.3 is 0 Å². The van der Waals surface area contributed by atoms with Crippen molar-refractivity contribution in [2.24, 2.45) is 5.92 Å². The van der Waals surface area contributed by atoms with E-state index in [0.29, 0.717) is 26.3 Å². The number of carbonyl (C=O) groups is 1. The summed E-state index contributed by atoms with van der Waals surface area (Å²) in [5.41, 5.74) is 4.51. The van der Waals surface area contributed by atoms with Crippen LogP contribution in [0.15, 0.2) is 30.3 Å². The van der Waals surface area contributed by atoms with Crippen molar-refractivity contribution in [1.29, 1.82) is 0 Å². The van der Waals surface area contributed by atoms with Crippen LogP contribution in [0, 0.1) is 19.8 Å². The van der Waals surface area contributed by atoms with E-state index < -0.39 is 0 Å². The quantitative estimate of drug-likeness (QED) is 0.921. The molecule has 0 spiro atoms. The molecule has 1 N–H and O–H groups in total. The van der Waals surface area contributed by atoms with E-state index in [4.69, 9.17) is 4.74 Å². The third-order valence-corrected chi connectivity index (χ3v) is 4.37. The summed E-state index contributed by atoms with van der Waals surface area (Å²) in [6, 6.07) is 10.3. The van der Waals surface area contributed by atoms with Gasteiger partial charge in [0.2, 0.25) is 5.91 Å². The Morgan fingerprint density at radius 2 is 2.13 bits per heavy atom. The largest absolute Gasteiger partial charge is 0.381 e. The van der Waals surface area contributed by atoms with E-state index in [2.05, 4.69) is 29.5 Å². The van der Waals surface area contributed by atoms with Gasteiger partial charge in [-0.15, -0.1) is 0 Å². The molecule has 0 bridgehead atoms. The molecule has 1 saturated heterocycles. The fourth-order valence-electron chi connectivity index (χ4n) is 3.11. The summed E-state index contributed by atoms with van der Waals surface area (Å²) in [7, 11) is 0. The van der Waals surface area contributed by atoms with Crippen LogP contribution in [0.25, 0.3) is 11.1 Å². The molecule has 23 heavy (non-hydrogen) atoms. The van der Waals surface area contributed by atoms with Crippen LogP contribution in [-0.2, 0) is 16.1 Å². The number of ether oxygens (including phenoxy) is 1. The van der Waals surface area contributed by atoms with Gasteiger partial charge in [-0.05, 0) is 25.8 Å². The molecule has 1 aromatic heterocycles. The molecule has 5 heteroatoms. The highest BCUT2D eigenvalue weighted by Crippen LogP contribution is 2.26. The summed E-state index contributed by atoms with van der Waals surface area (Å²) in [5, 5.41) is 7.61. The van der Waals surface area contributed by atoms with E-state index in [-0.39, 0.29) is 11.8 Å². The molecule has 1 aliphatic rings. The minimum atomic E-state index is 0.00957. The lowest BCUT2D eigenvalue weighted by molar-refractivity contribution is -0.124. The maximum atomic E-state index is 12.0. The average molecular weight is 313 g/mol. The van der Waals surface area contributed by atoms with Crippen molar-refractivity contribution in [3.63, 3.8) is 0 Å². The van der Waals surface area contributed by atoms with Crippen molar-refractivity contribution in [2.75, 3.05) is 19.8 Å². The van der Waals surface area contributed by atoms with Gasteiger partial charge in [-0.1, -0.05) is 30.3 Å². The molecule has 1 aliphatic heterocycles. The summed E-state index contributed by atoms with van der Waals surface area (Å²) >= 11 is 0. The zero-order valence-electron chi connectivity index (χ0n) is 13.7. The van der Waals surface area contributed by atoms with Gasteiger partial charge in [0.15, 0.2) is 0 Å². The van der Waals surface area contributed by atoms with Crippen LogP contribution in [0.2, 0.25) is 0 Å². The minimum Gasteiger partial charge on any atom is -0.381 e. The second-order valence-electron chi connectivity index (χ2n) is 5.99. The first-order chi connectivity index (χ1) is 11.2. The summed E-state index contributed by atoms with van der Waals surface area (Å²) < 4.78 is 7.23. The van der Waals surface area contributed by atoms with Crippen molar-refractivity contribution in [3.05, 3.63) is 41.7 Å². The molecular formula is C18H23N3O2. The van der Waals surface area contributed by atoms with Crippen LogP contribution in [0.4, 0.5) is 0 Å². The molecule has 1 atom stereocenters. The van der Waals surface area contributed by atoms with Gasteiger partial charge in [-0.3, -0.25) is 9.48 Å². The van der Waals surface area contributed by atoms with Gasteiger partial charge in [0, 0.05) is 24.4 Å². The summed E-state index contributed by atoms with van der Waals surface area (Å²) in [5.74, 6) is 0.0997. The number of amides is 1. The molecule has 1 fully saturated rings. The minimum absolute atomic E-state index is 0.00957. The van der Waals surface area contributed by atoms with Gasteiger partial charge in [0.25, 0.3) is 0 Å². The van der Waals surface area contributed by atoms with Crippen LogP contribution in [0.1, 0.15) is 17.8 Å². The van der Waals surface area contributed by atoms with Gasteiger partial charge in [-0.2, -0.15) is 5.10 Å². The molecule has 0 saturated carbocycles. The van der Waals surface area contributed by atoms with Gasteiger partial charge < -0.3 is 10.1 Å². The summed E-state index contributed by atoms with van der Waals surface area (Å²) in [6.07, 6.45) is 0.823. The van der Waals surface area contributed by atoms with E-state index in [1.807, 2.05) is 29.8 Å². The predicted octanol–water partition coefficient (Wildman–Crippen LogP) is 2.32. The lowest BCUT2D eigenvalue weighted by Gasteiger charge is -2.10. The highest BCUT2D eigenvalue weighted by molar-refractivity contribution is 5.78. The lowest BCUT2D eigenvalue weighted by Crippen LogP contribution is -2.33. The van der Waals surface area contributed by atoms with Crippen molar-refractivity contribution in [2.45, 2.75) is 26.8 Å². The third-order valence-electron chi connectivity index (χ3n) is 4.37. The molecule has 5 nitrogen and oxygen atoms in total. The molecule has 1 unspecified atom stereocenters. The SMILES string of the molecule is Cc1nn(CCNC(=O)C2CCOC2)c(C)c1-c1ccccc1. The molecule has 122 valence electrons. The Hall–Kier alpha value is -2.14. The van der Waals surface area contributed by atoms with E-state index >= 15 is 0 Å². The van der Waals surface area contributed by atoms with Crippen LogP contribution >= 0.6 is 0 Å². The highest BCUT2D eigenvalue weighted by Gasteiger charge is 2.23. The number of carbonyl (C=O) groups excluding carboxylic acids is 1. The maximum Gasteiger partial charge on any atom is 0.225 e. The fourth-order valence-corrected chi connectivity index (χ4v) is 3.11. The molecule has 3 rings (SSSR count). The van der Waals surface area contributed by atoms with Gasteiger partial charge in [0.1, 0.15) is 0 Å². The summed E-state index contributed by atoms with van der Waals surface area (Å²) in [6.45, 7) is 6.61. The van der Waals surface area contributed by atoms with Crippen LogP contribution in [0.3, 0.4) is 0 Å². The van der Waals surface area contributed by atoms with E-state index in [9.17, 15) is 4.79 Å². The van der Waals surface area contributed by atoms with Crippen molar-refractivity contribution < 1.29 is 9.53 Å². The van der Waals surface area contributed by atoms with Gasteiger partial charge in [0.05, 0.1) is 24.8 Å². The van der Waals surface area contributed by atoms with E-state index in [1.54, 1.807) is 0 Å². The zero-order chi connectivity index (χ0) is 16.2. The second kappa shape index (κ2) is 6.96. The number of benzene rings is 1. The number of nitrogens with zero attached hydrogens (tertiary/aromatic N) is 2. The maximum absolute atomic E-state index is 12.0. The Morgan fingerprint density at radius 3 is 2.83 bits per heavy atom. The average Bonchev–Trinajstić information content (AvgIpc) is 3.17. The Kier molecular flexibility index (Phi) is 4.76. The second-order valence-corrected chi connectivity index (χ2v) is 5.99. The van der Waals surface area contributed by atoms with Crippen LogP contribution in [-0.4, -0.2) is 35.4 Å². The zero-order valence-corrected chi connectivity index (χ0v) is 13.7. The van der Waals surface area contributed by atoms with E-state index in [1.165, 1.54) is 11.1 Å². The number of rotatable bonds is 5. The standard InChI is InChI=1S/C18H23N3O2/c1-13-17(15-6-4-3-5-7-15)14(2)21(20-13)10-9-19-18(22)16-8-11-23-12-16/h3-7,16H,8-12H2,1-2H3,(H,19,22). The molecule has 0 radical (unpaired) electrons. The van der Waals surface area contributed by atoms with Crippen molar-refractivity contribution in [1.82, 2.24) is 15.1 Å². The number of aromatic nitrogens is 2. The third kappa shape index (κ3) is 3.45. The number of nitrogens with one attached hydrogen (secondary N) is 1. The lowest BCUT2D eigenvalue weighted by atomic mass is 10.0. The normalized spacial score (nSPS) is 17.4. The first-order valence-electron chi connectivity index (χ1n) is 8.11. The number of hydrogen-bond acceptors (Lipinski definition) is 3. The monoisotopic (exact) mass is 313 g/mol.